The van der Waals surface area contributed by atoms with Crippen molar-refractivity contribution in [2.45, 2.75) is 39.7 Å². The van der Waals surface area contributed by atoms with Crippen LogP contribution in [0.25, 0.3) is 0 Å². The molecular weight excluding hydrogens is 282 g/mol. The number of nitrogens with zero attached hydrogens (tertiary/aromatic N) is 1. The van der Waals surface area contributed by atoms with Gasteiger partial charge in [0.2, 0.25) is 10.0 Å². The first-order chi connectivity index (χ1) is 9.14. The Hall–Kier alpha value is -0.660. The van der Waals surface area contributed by atoms with Crippen LogP contribution in [-0.2, 0) is 24.3 Å². The van der Waals surface area contributed by atoms with Crippen LogP contribution in [0.5, 0.6) is 0 Å². The number of rotatable bonds is 5. The van der Waals surface area contributed by atoms with Crippen LogP contribution in [0.15, 0.2) is 0 Å². The van der Waals surface area contributed by atoms with Gasteiger partial charge in [0.1, 0.15) is 0 Å². The smallest absolute Gasteiger partial charge is 0.308 e. The van der Waals surface area contributed by atoms with E-state index in [2.05, 4.69) is 4.74 Å². The molecule has 7 heteroatoms. The molecule has 1 aliphatic rings. The molecule has 0 bridgehead atoms. The molecule has 0 aromatic carbocycles. The Balaban J connectivity index is 2.59. The van der Waals surface area contributed by atoms with Crippen LogP contribution in [0.4, 0.5) is 0 Å². The zero-order valence-electron chi connectivity index (χ0n) is 12.7. The van der Waals surface area contributed by atoms with Crippen molar-refractivity contribution in [3.63, 3.8) is 0 Å². The molecule has 0 saturated carbocycles. The van der Waals surface area contributed by atoms with Crippen molar-refractivity contribution in [1.82, 2.24) is 4.31 Å². The molecule has 0 aromatic heterocycles. The maximum absolute atomic E-state index is 12.3. The summed E-state index contributed by atoms with van der Waals surface area (Å²) in [4.78, 5) is 11.2. The van der Waals surface area contributed by atoms with Gasteiger partial charge < -0.3 is 9.47 Å². The molecule has 118 valence electrons. The summed E-state index contributed by atoms with van der Waals surface area (Å²) in [6, 6.07) is 0. The van der Waals surface area contributed by atoms with E-state index >= 15 is 0 Å². The lowest BCUT2D eigenvalue weighted by Crippen LogP contribution is -2.47. The Morgan fingerprint density at radius 1 is 1.40 bits per heavy atom. The van der Waals surface area contributed by atoms with Gasteiger partial charge in [0.05, 0.1) is 32.0 Å². The molecule has 1 aliphatic heterocycles. The van der Waals surface area contributed by atoms with E-state index in [9.17, 15) is 13.2 Å². The number of ether oxygens (including phenoxy) is 2. The third-order valence-electron chi connectivity index (χ3n) is 3.23. The second-order valence-electron chi connectivity index (χ2n) is 6.26. The van der Waals surface area contributed by atoms with Crippen molar-refractivity contribution in [1.29, 1.82) is 0 Å². The molecule has 1 heterocycles. The summed E-state index contributed by atoms with van der Waals surface area (Å²) in [5.74, 6) is -0.259. The summed E-state index contributed by atoms with van der Waals surface area (Å²) in [7, 11) is -1.98. The lowest BCUT2D eigenvalue weighted by Gasteiger charge is -2.32. The van der Waals surface area contributed by atoms with Gasteiger partial charge in [-0.3, -0.25) is 4.79 Å². The topological polar surface area (TPSA) is 72.9 Å². The fourth-order valence-corrected chi connectivity index (χ4v) is 3.78. The van der Waals surface area contributed by atoms with Crippen LogP contribution in [0.1, 0.15) is 33.6 Å². The molecule has 1 fully saturated rings. The van der Waals surface area contributed by atoms with Gasteiger partial charge in [-0.15, -0.1) is 0 Å². The minimum Gasteiger partial charge on any atom is -0.469 e. The number of hydrogen-bond acceptors (Lipinski definition) is 5. The van der Waals surface area contributed by atoms with Crippen molar-refractivity contribution >= 4 is 16.0 Å². The summed E-state index contributed by atoms with van der Waals surface area (Å²) in [6.45, 7) is 6.94. The van der Waals surface area contributed by atoms with E-state index in [1.807, 2.05) is 20.8 Å². The first kappa shape index (κ1) is 17.4. The Kier molecular flexibility index (Phi) is 5.97. The summed E-state index contributed by atoms with van der Waals surface area (Å²) in [6.07, 6.45) is 0.275. The molecule has 6 nitrogen and oxygen atoms in total. The van der Waals surface area contributed by atoms with E-state index in [-0.39, 0.29) is 30.1 Å². The SMILES string of the molecule is COC(=O)CC1CN(S(=O)(=O)CCC(C)(C)C)CCO1. The highest BCUT2D eigenvalue weighted by Crippen LogP contribution is 2.21. The highest BCUT2D eigenvalue weighted by atomic mass is 32.2. The second kappa shape index (κ2) is 6.87. The van der Waals surface area contributed by atoms with E-state index in [0.717, 1.165) is 0 Å². The van der Waals surface area contributed by atoms with Gasteiger partial charge in [-0.25, -0.2) is 8.42 Å². The van der Waals surface area contributed by atoms with Crippen LogP contribution in [-0.4, -0.2) is 57.4 Å². The Morgan fingerprint density at radius 3 is 2.60 bits per heavy atom. The monoisotopic (exact) mass is 307 g/mol. The van der Waals surface area contributed by atoms with E-state index in [1.165, 1.54) is 11.4 Å². The summed E-state index contributed by atoms with van der Waals surface area (Å²) < 4.78 is 36.0. The molecule has 1 saturated heterocycles. The molecule has 1 unspecified atom stereocenters. The van der Waals surface area contributed by atoms with Gasteiger partial charge in [0, 0.05) is 13.1 Å². The number of methoxy groups -OCH3 is 1. The molecule has 0 radical (unpaired) electrons. The third kappa shape index (κ3) is 5.76. The largest absolute Gasteiger partial charge is 0.469 e. The van der Waals surface area contributed by atoms with Gasteiger partial charge in [0.25, 0.3) is 0 Å². The fraction of sp³-hybridized carbons (Fsp3) is 0.923. The van der Waals surface area contributed by atoms with E-state index in [4.69, 9.17) is 4.74 Å². The lowest BCUT2D eigenvalue weighted by molar-refractivity contribution is -0.145. The zero-order valence-corrected chi connectivity index (χ0v) is 13.5. The van der Waals surface area contributed by atoms with Gasteiger partial charge in [-0.1, -0.05) is 20.8 Å². The van der Waals surface area contributed by atoms with Crippen LogP contribution < -0.4 is 0 Å². The highest BCUT2D eigenvalue weighted by molar-refractivity contribution is 7.89. The van der Waals surface area contributed by atoms with Crippen molar-refractivity contribution in [2.75, 3.05) is 32.6 Å². The molecule has 1 atom stereocenters. The minimum absolute atomic E-state index is 0.0230. The molecule has 20 heavy (non-hydrogen) atoms. The van der Waals surface area contributed by atoms with Crippen LogP contribution in [0.3, 0.4) is 0 Å². The predicted molar refractivity (Wildman–Crippen MR) is 75.8 cm³/mol. The molecule has 0 spiro atoms. The molecular formula is C13H25NO5S. The van der Waals surface area contributed by atoms with E-state index < -0.39 is 16.1 Å². The van der Waals surface area contributed by atoms with Crippen molar-refractivity contribution in [3.05, 3.63) is 0 Å². The lowest BCUT2D eigenvalue weighted by atomic mass is 9.94. The highest BCUT2D eigenvalue weighted by Gasteiger charge is 2.31. The summed E-state index contributed by atoms with van der Waals surface area (Å²) >= 11 is 0. The van der Waals surface area contributed by atoms with E-state index in [1.54, 1.807) is 0 Å². The minimum atomic E-state index is -3.29. The van der Waals surface area contributed by atoms with Crippen molar-refractivity contribution in [2.24, 2.45) is 5.41 Å². The van der Waals surface area contributed by atoms with Crippen molar-refractivity contribution in [3.8, 4) is 0 Å². The van der Waals surface area contributed by atoms with Gasteiger partial charge in [0.15, 0.2) is 0 Å². The average Bonchev–Trinajstić information content (AvgIpc) is 2.36. The van der Waals surface area contributed by atoms with Crippen LogP contribution in [0.2, 0.25) is 0 Å². The number of hydrogen-bond donors (Lipinski definition) is 0. The standard InChI is InChI=1S/C13H25NO5S/c1-13(2,3)5-8-20(16,17)14-6-7-19-11(10-14)9-12(15)18-4/h11H,5-10H2,1-4H3. The van der Waals surface area contributed by atoms with E-state index in [0.29, 0.717) is 19.6 Å². The fourth-order valence-electron chi connectivity index (χ4n) is 1.90. The third-order valence-corrected chi connectivity index (χ3v) is 5.07. The van der Waals surface area contributed by atoms with Crippen LogP contribution >= 0.6 is 0 Å². The number of esters is 1. The first-order valence-corrected chi connectivity index (χ1v) is 8.41. The maximum Gasteiger partial charge on any atom is 0.308 e. The molecule has 0 aliphatic carbocycles. The number of carbonyl (C=O) groups excluding carboxylic acids is 1. The van der Waals surface area contributed by atoms with Crippen molar-refractivity contribution < 1.29 is 22.7 Å². The number of morpholine rings is 1. The average molecular weight is 307 g/mol. The molecule has 0 amide bonds. The Bertz CT molecular complexity index is 427. The molecule has 0 aromatic rings. The molecule has 1 rings (SSSR count). The number of sulfonamides is 1. The normalized spacial score (nSPS) is 21.7. The second-order valence-corrected chi connectivity index (χ2v) is 8.35. The Morgan fingerprint density at radius 2 is 2.05 bits per heavy atom. The van der Waals surface area contributed by atoms with Gasteiger partial charge in [-0.2, -0.15) is 4.31 Å². The first-order valence-electron chi connectivity index (χ1n) is 6.80. The zero-order chi connectivity index (χ0) is 15.4. The number of carbonyl (C=O) groups is 1. The quantitative estimate of drug-likeness (QED) is 0.709. The van der Waals surface area contributed by atoms with Crippen LogP contribution in [0, 0.1) is 5.41 Å². The summed E-state index contributed by atoms with van der Waals surface area (Å²) in [5.41, 5.74) is -0.0230. The van der Waals surface area contributed by atoms with Gasteiger partial charge in [-0.05, 0) is 11.8 Å². The molecule has 0 N–H and O–H groups in total. The summed E-state index contributed by atoms with van der Waals surface area (Å²) in [5, 5.41) is 0. The maximum atomic E-state index is 12.3. The Labute approximate surface area is 121 Å². The van der Waals surface area contributed by atoms with Gasteiger partial charge >= 0.3 is 5.97 Å². The predicted octanol–water partition coefficient (Wildman–Crippen LogP) is 1.02.